The molecule has 0 aliphatic heterocycles. The molecule has 0 bridgehead atoms. The summed E-state index contributed by atoms with van der Waals surface area (Å²) in [5.41, 5.74) is 1.74. The highest BCUT2D eigenvalue weighted by Crippen LogP contribution is 2.27. The summed E-state index contributed by atoms with van der Waals surface area (Å²) in [5.74, 6) is 7.04. The predicted octanol–water partition coefficient (Wildman–Crippen LogP) is 3.65. The Morgan fingerprint density at radius 3 is 2.70 bits per heavy atom. The Morgan fingerprint density at radius 2 is 2.07 bits per heavy atom. The topological polar surface area (TPSA) is 34.5 Å². The van der Waals surface area contributed by atoms with Crippen LogP contribution in [0.4, 0.5) is 4.39 Å². The van der Waals surface area contributed by atoms with Gasteiger partial charge in [-0.25, -0.2) is 4.39 Å². The lowest BCUT2D eigenvalue weighted by Crippen LogP contribution is -2.22. The molecule has 2 aromatic rings. The van der Waals surface area contributed by atoms with Gasteiger partial charge in [0.2, 0.25) is 0 Å². The van der Waals surface area contributed by atoms with Crippen molar-refractivity contribution < 1.29 is 9.13 Å². The standard InChI is InChI=1S/C21H23FN2O2S/c1-15-10-19(26-14-27-23(2)3)12-21(25)24(15)13-17-7-9-18(20(22)11-17)8-6-16-4-5-16/h7,9-12,16H,4-5,13-14H2,1-3H3. The average molecular weight is 386 g/mol. The van der Waals surface area contributed by atoms with Gasteiger partial charge in [-0.2, -0.15) is 0 Å². The van der Waals surface area contributed by atoms with Crippen LogP contribution in [0.25, 0.3) is 0 Å². The second kappa shape index (κ2) is 8.64. The van der Waals surface area contributed by atoms with Crippen molar-refractivity contribution >= 4 is 11.9 Å². The van der Waals surface area contributed by atoms with Crippen LogP contribution >= 0.6 is 11.9 Å². The molecule has 1 aliphatic carbocycles. The highest BCUT2D eigenvalue weighted by Gasteiger charge is 2.18. The molecule has 0 unspecified atom stereocenters. The van der Waals surface area contributed by atoms with Gasteiger partial charge in [0.25, 0.3) is 5.56 Å². The number of ether oxygens (including phenoxy) is 1. The van der Waals surface area contributed by atoms with Crippen LogP contribution in [-0.4, -0.2) is 28.9 Å². The van der Waals surface area contributed by atoms with E-state index in [9.17, 15) is 9.18 Å². The summed E-state index contributed by atoms with van der Waals surface area (Å²) in [6.45, 7) is 2.16. The third-order valence-electron chi connectivity index (χ3n) is 4.21. The van der Waals surface area contributed by atoms with E-state index in [1.807, 2.05) is 37.5 Å². The zero-order valence-corrected chi connectivity index (χ0v) is 16.6. The smallest absolute Gasteiger partial charge is 0.254 e. The third kappa shape index (κ3) is 5.62. The molecule has 0 atom stereocenters. The van der Waals surface area contributed by atoms with E-state index in [0.717, 1.165) is 24.1 Å². The van der Waals surface area contributed by atoms with Gasteiger partial charge in [0.15, 0.2) is 0 Å². The van der Waals surface area contributed by atoms with E-state index in [4.69, 9.17) is 4.74 Å². The molecule has 6 heteroatoms. The fraction of sp³-hybridized carbons (Fsp3) is 0.381. The molecule has 0 N–H and O–H groups in total. The summed E-state index contributed by atoms with van der Waals surface area (Å²) in [4.78, 5) is 12.4. The maximum absolute atomic E-state index is 14.3. The van der Waals surface area contributed by atoms with E-state index in [0.29, 0.717) is 29.7 Å². The summed E-state index contributed by atoms with van der Waals surface area (Å²) >= 11 is 1.51. The van der Waals surface area contributed by atoms with Crippen LogP contribution in [0.2, 0.25) is 0 Å². The molecule has 1 fully saturated rings. The molecule has 3 rings (SSSR count). The maximum Gasteiger partial charge on any atom is 0.254 e. The largest absolute Gasteiger partial charge is 0.481 e. The van der Waals surface area contributed by atoms with Gasteiger partial charge in [-0.3, -0.25) is 9.10 Å². The van der Waals surface area contributed by atoms with Crippen molar-refractivity contribution in [2.75, 3.05) is 20.0 Å². The first kappa shape index (κ1) is 19.5. The fourth-order valence-electron chi connectivity index (χ4n) is 2.53. The van der Waals surface area contributed by atoms with Gasteiger partial charge in [0, 0.05) is 17.7 Å². The zero-order chi connectivity index (χ0) is 19.4. The van der Waals surface area contributed by atoms with Crippen molar-refractivity contribution in [2.24, 2.45) is 5.92 Å². The molecule has 1 saturated carbocycles. The van der Waals surface area contributed by atoms with Crippen molar-refractivity contribution in [3.8, 4) is 17.6 Å². The summed E-state index contributed by atoms with van der Waals surface area (Å²) in [5, 5.41) is 0. The molecule has 0 spiro atoms. The Balaban J connectivity index is 1.72. The first-order chi connectivity index (χ1) is 12.9. The van der Waals surface area contributed by atoms with Crippen LogP contribution in [0.15, 0.2) is 35.1 Å². The normalized spacial score (nSPS) is 13.4. The number of hydrogen-bond donors (Lipinski definition) is 0. The number of hydrogen-bond acceptors (Lipinski definition) is 4. The maximum atomic E-state index is 14.3. The number of pyridine rings is 1. The summed E-state index contributed by atoms with van der Waals surface area (Å²) in [6.07, 6.45) is 2.23. The molecular formula is C21H23FN2O2S. The van der Waals surface area contributed by atoms with Crippen molar-refractivity contribution in [2.45, 2.75) is 26.3 Å². The lowest BCUT2D eigenvalue weighted by Gasteiger charge is -2.14. The van der Waals surface area contributed by atoms with Crippen LogP contribution in [0.3, 0.4) is 0 Å². The van der Waals surface area contributed by atoms with Gasteiger partial charge in [0.1, 0.15) is 17.5 Å². The molecule has 27 heavy (non-hydrogen) atoms. The molecule has 1 aromatic carbocycles. The molecule has 0 radical (unpaired) electrons. The van der Waals surface area contributed by atoms with Crippen LogP contribution < -0.4 is 10.3 Å². The molecule has 1 aromatic heterocycles. The molecule has 4 nitrogen and oxygen atoms in total. The minimum absolute atomic E-state index is 0.169. The minimum Gasteiger partial charge on any atom is -0.481 e. The number of halogens is 1. The van der Waals surface area contributed by atoms with E-state index < -0.39 is 0 Å². The summed E-state index contributed by atoms with van der Waals surface area (Å²) in [6, 6.07) is 8.26. The fourth-order valence-corrected chi connectivity index (χ4v) is 2.93. The number of aryl methyl sites for hydroxylation is 1. The average Bonchev–Trinajstić information content (AvgIpc) is 3.41. The van der Waals surface area contributed by atoms with Gasteiger partial charge in [-0.1, -0.05) is 17.9 Å². The quantitative estimate of drug-likeness (QED) is 0.431. The van der Waals surface area contributed by atoms with Gasteiger partial charge in [-0.15, -0.1) is 0 Å². The summed E-state index contributed by atoms with van der Waals surface area (Å²) < 4.78 is 23.4. The molecule has 0 amide bonds. The van der Waals surface area contributed by atoms with Crippen LogP contribution in [0.5, 0.6) is 5.75 Å². The van der Waals surface area contributed by atoms with Crippen molar-refractivity contribution in [3.63, 3.8) is 0 Å². The molecule has 1 aliphatic rings. The minimum atomic E-state index is -0.341. The van der Waals surface area contributed by atoms with Gasteiger partial charge in [-0.05, 0) is 69.6 Å². The Kier molecular flexibility index (Phi) is 6.25. The van der Waals surface area contributed by atoms with Gasteiger partial charge < -0.3 is 9.30 Å². The Hall–Kier alpha value is -2.23. The van der Waals surface area contributed by atoms with E-state index in [1.54, 1.807) is 10.6 Å². The molecule has 142 valence electrons. The monoisotopic (exact) mass is 386 g/mol. The lowest BCUT2D eigenvalue weighted by atomic mass is 10.1. The zero-order valence-electron chi connectivity index (χ0n) is 15.8. The lowest BCUT2D eigenvalue weighted by molar-refractivity contribution is 0.385. The van der Waals surface area contributed by atoms with E-state index in [1.165, 1.54) is 24.1 Å². The number of aromatic nitrogens is 1. The Morgan fingerprint density at radius 1 is 1.30 bits per heavy atom. The predicted molar refractivity (Wildman–Crippen MR) is 107 cm³/mol. The molecule has 0 saturated heterocycles. The number of nitrogens with zero attached hydrogens (tertiary/aromatic N) is 2. The highest BCUT2D eigenvalue weighted by atomic mass is 32.2. The van der Waals surface area contributed by atoms with Crippen molar-refractivity contribution in [1.82, 2.24) is 8.87 Å². The third-order valence-corrected chi connectivity index (χ3v) is 4.95. The Bertz CT molecular complexity index is 939. The first-order valence-corrected chi connectivity index (χ1v) is 9.81. The van der Waals surface area contributed by atoms with Gasteiger partial charge >= 0.3 is 0 Å². The van der Waals surface area contributed by atoms with Crippen molar-refractivity contribution in [3.05, 3.63) is 63.3 Å². The molecular weight excluding hydrogens is 363 g/mol. The van der Waals surface area contributed by atoms with Crippen molar-refractivity contribution in [1.29, 1.82) is 0 Å². The number of benzene rings is 1. The number of rotatable bonds is 6. The SMILES string of the molecule is Cc1cc(OCSN(C)C)cc(=O)n1Cc1ccc(C#CC2CC2)c(F)c1. The van der Waals surface area contributed by atoms with Crippen LogP contribution in [0.1, 0.15) is 29.7 Å². The van der Waals surface area contributed by atoms with Crippen LogP contribution in [-0.2, 0) is 6.54 Å². The van der Waals surface area contributed by atoms with E-state index in [-0.39, 0.29) is 11.4 Å². The van der Waals surface area contributed by atoms with Gasteiger partial charge in [0.05, 0.1) is 12.1 Å². The second-order valence-electron chi connectivity index (χ2n) is 6.82. The first-order valence-electron chi connectivity index (χ1n) is 8.87. The second-order valence-corrected chi connectivity index (χ2v) is 8.04. The highest BCUT2D eigenvalue weighted by molar-refractivity contribution is 7.96. The summed E-state index contributed by atoms with van der Waals surface area (Å²) in [7, 11) is 3.86. The Labute approximate surface area is 163 Å². The van der Waals surface area contributed by atoms with E-state index >= 15 is 0 Å². The van der Waals surface area contributed by atoms with Crippen LogP contribution in [0, 0.1) is 30.5 Å². The molecule has 1 heterocycles. The van der Waals surface area contributed by atoms with E-state index in [2.05, 4.69) is 11.8 Å².